The molecule has 0 radical (unpaired) electrons. The maximum atomic E-state index is 14.0. The van der Waals surface area contributed by atoms with Gasteiger partial charge in [-0.05, 0) is 35.9 Å². The summed E-state index contributed by atoms with van der Waals surface area (Å²) in [6.45, 7) is 0.441. The van der Waals surface area contributed by atoms with Crippen molar-refractivity contribution in [2.45, 2.75) is 19.6 Å². The smallest absolute Gasteiger partial charge is 0.275 e. The summed E-state index contributed by atoms with van der Waals surface area (Å²) in [5.41, 5.74) is 1.50. The van der Waals surface area contributed by atoms with Crippen LogP contribution in [0.1, 0.15) is 11.1 Å². The molecule has 0 aliphatic rings. The molecule has 4 aromatic rings. The van der Waals surface area contributed by atoms with E-state index in [9.17, 15) is 14.0 Å². The Bertz CT molecular complexity index is 1280. The lowest BCUT2D eigenvalue weighted by Gasteiger charge is -2.10. The molecule has 2 aromatic heterocycles. The number of rotatable bonds is 6. The topological polar surface area (TPSA) is 56.0 Å². The summed E-state index contributed by atoms with van der Waals surface area (Å²) < 4.78 is 17.1. The number of nitrogens with zero attached hydrogens (tertiary/aromatic N) is 2. The number of pyridine rings is 1. The Balaban J connectivity index is 1.53. The highest BCUT2D eigenvalue weighted by Gasteiger charge is 2.12. The highest BCUT2D eigenvalue weighted by atomic mass is 35.5. The number of aromatic nitrogens is 2. The molecular formula is C23H19ClFN3O2. The molecule has 0 atom stereocenters. The number of hydrogen-bond acceptors (Lipinski definition) is 2. The minimum absolute atomic E-state index is 0.111. The minimum Gasteiger partial charge on any atom is -0.350 e. The third-order valence-electron chi connectivity index (χ3n) is 4.88. The van der Waals surface area contributed by atoms with E-state index < -0.39 is 0 Å². The normalized spacial score (nSPS) is 11.0. The van der Waals surface area contributed by atoms with Gasteiger partial charge in [0.25, 0.3) is 5.56 Å². The van der Waals surface area contributed by atoms with Gasteiger partial charge < -0.3 is 14.5 Å². The highest BCUT2D eigenvalue weighted by Crippen LogP contribution is 2.15. The Morgan fingerprint density at radius 3 is 2.53 bits per heavy atom. The van der Waals surface area contributed by atoms with Crippen LogP contribution in [-0.4, -0.2) is 15.0 Å². The molecule has 1 N–H and O–H groups in total. The van der Waals surface area contributed by atoms with E-state index in [2.05, 4.69) is 5.32 Å². The quantitative estimate of drug-likeness (QED) is 0.510. The van der Waals surface area contributed by atoms with E-state index in [1.165, 1.54) is 10.6 Å². The van der Waals surface area contributed by atoms with Crippen LogP contribution in [0.5, 0.6) is 0 Å². The van der Waals surface area contributed by atoms with Crippen molar-refractivity contribution < 1.29 is 9.18 Å². The SMILES string of the molecule is O=C(Cn1ccc2ccn(Cc3ccccc3F)c2c1=O)NCc1cccc(Cl)c1. The van der Waals surface area contributed by atoms with E-state index in [4.69, 9.17) is 11.6 Å². The van der Waals surface area contributed by atoms with Gasteiger partial charge in [-0.2, -0.15) is 0 Å². The predicted octanol–water partition coefficient (Wildman–Crippen LogP) is 3.96. The van der Waals surface area contributed by atoms with Gasteiger partial charge in [0.05, 0.1) is 6.54 Å². The summed E-state index contributed by atoms with van der Waals surface area (Å²) >= 11 is 5.95. The Morgan fingerprint density at radius 1 is 1.00 bits per heavy atom. The number of amides is 1. The van der Waals surface area contributed by atoms with Gasteiger partial charge in [-0.15, -0.1) is 0 Å². The number of nitrogens with one attached hydrogen (secondary N) is 1. The first-order chi connectivity index (χ1) is 14.5. The van der Waals surface area contributed by atoms with Crippen molar-refractivity contribution in [2.75, 3.05) is 0 Å². The summed E-state index contributed by atoms with van der Waals surface area (Å²) in [6, 6.07) is 17.3. The zero-order chi connectivity index (χ0) is 21.1. The largest absolute Gasteiger partial charge is 0.350 e. The lowest BCUT2D eigenvalue weighted by Crippen LogP contribution is -2.32. The number of benzene rings is 2. The van der Waals surface area contributed by atoms with Crippen molar-refractivity contribution in [1.29, 1.82) is 0 Å². The standard InChI is InChI=1S/C23H19ClFN3O2/c24-19-6-3-4-16(12-19)13-26-21(29)15-28-11-9-17-8-10-27(22(17)23(28)30)14-18-5-1-2-7-20(18)25/h1-12H,13-15H2,(H,26,29). The zero-order valence-electron chi connectivity index (χ0n) is 16.0. The molecule has 7 heteroatoms. The lowest BCUT2D eigenvalue weighted by molar-refractivity contribution is -0.121. The van der Waals surface area contributed by atoms with Crippen molar-refractivity contribution in [3.63, 3.8) is 0 Å². The fraction of sp³-hybridized carbons (Fsp3) is 0.130. The summed E-state index contributed by atoms with van der Waals surface area (Å²) in [7, 11) is 0. The molecule has 0 fully saturated rings. The monoisotopic (exact) mass is 423 g/mol. The fourth-order valence-electron chi connectivity index (χ4n) is 3.37. The third kappa shape index (κ3) is 4.28. The number of carbonyl (C=O) groups is 1. The summed E-state index contributed by atoms with van der Waals surface area (Å²) in [5, 5.41) is 4.13. The van der Waals surface area contributed by atoms with E-state index in [0.29, 0.717) is 22.6 Å². The van der Waals surface area contributed by atoms with Crippen LogP contribution in [0.4, 0.5) is 4.39 Å². The van der Waals surface area contributed by atoms with Crippen LogP contribution in [0.25, 0.3) is 10.9 Å². The molecule has 2 heterocycles. The van der Waals surface area contributed by atoms with Gasteiger partial charge in [0.15, 0.2) is 0 Å². The minimum atomic E-state index is -0.323. The number of hydrogen-bond donors (Lipinski definition) is 1. The van der Waals surface area contributed by atoms with E-state index >= 15 is 0 Å². The van der Waals surface area contributed by atoms with Gasteiger partial charge in [0, 0.05) is 34.9 Å². The van der Waals surface area contributed by atoms with Gasteiger partial charge in [-0.25, -0.2) is 4.39 Å². The average Bonchev–Trinajstić information content (AvgIpc) is 3.14. The molecule has 152 valence electrons. The second-order valence-corrected chi connectivity index (χ2v) is 7.43. The molecule has 30 heavy (non-hydrogen) atoms. The molecule has 0 aliphatic heterocycles. The molecule has 4 rings (SSSR count). The van der Waals surface area contributed by atoms with Crippen LogP contribution < -0.4 is 10.9 Å². The number of halogens is 2. The third-order valence-corrected chi connectivity index (χ3v) is 5.12. The van der Waals surface area contributed by atoms with E-state index in [0.717, 1.165) is 10.9 Å². The van der Waals surface area contributed by atoms with Crippen LogP contribution in [-0.2, 0) is 24.4 Å². The maximum absolute atomic E-state index is 14.0. The Kier molecular flexibility index (Phi) is 5.68. The zero-order valence-corrected chi connectivity index (χ0v) is 16.8. The number of carbonyl (C=O) groups excluding carboxylic acids is 1. The Morgan fingerprint density at radius 2 is 1.77 bits per heavy atom. The second kappa shape index (κ2) is 8.55. The van der Waals surface area contributed by atoms with Crippen molar-refractivity contribution in [3.05, 3.63) is 105 Å². The molecule has 0 bridgehead atoms. The Labute approximate surface area is 177 Å². The summed E-state index contributed by atoms with van der Waals surface area (Å²) in [6.07, 6.45) is 3.35. The van der Waals surface area contributed by atoms with E-state index in [1.807, 2.05) is 12.1 Å². The molecule has 1 amide bonds. The molecule has 0 saturated heterocycles. The maximum Gasteiger partial charge on any atom is 0.275 e. The first-order valence-electron chi connectivity index (χ1n) is 9.44. The fourth-order valence-corrected chi connectivity index (χ4v) is 3.58. The van der Waals surface area contributed by atoms with E-state index in [-0.39, 0.29) is 30.4 Å². The molecule has 2 aromatic carbocycles. The first-order valence-corrected chi connectivity index (χ1v) is 9.82. The van der Waals surface area contributed by atoms with Crippen LogP contribution in [0.15, 0.2) is 77.9 Å². The van der Waals surface area contributed by atoms with Crippen LogP contribution in [0.3, 0.4) is 0 Å². The van der Waals surface area contributed by atoms with Gasteiger partial charge in [0.1, 0.15) is 17.9 Å². The second-order valence-electron chi connectivity index (χ2n) is 6.99. The first kappa shape index (κ1) is 19.9. The molecule has 0 aliphatic carbocycles. The highest BCUT2D eigenvalue weighted by molar-refractivity contribution is 6.30. The van der Waals surface area contributed by atoms with Gasteiger partial charge in [0.2, 0.25) is 5.91 Å². The summed E-state index contributed by atoms with van der Waals surface area (Å²) in [5.74, 6) is -0.611. The van der Waals surface area contributed by atoms with Crippen LogP contribution >= 0.6 is 11.6 Å². The van der Waals surface area contributed by atoms with Gasteiger partial charge >= 0.3 is 0 Å². The molecule has 0 unspecified atom stereocenters. The molecule has 0 saturated carbocycles. The van der Waals surface area contributed by atoms with Gasteiger partial charge in [-0.1, -0.05) is 41.9 Å². The average molecular weight is 424 g/mol. The molecule has 5 nitrogen and oxygen atoms in total. The predicted molar refractivity (Wildman–Crippen MR) is 115 cm³/mol. The van der Waals surface area contributed by atoms with Crippen molar-refractivity contribution in [1.82, 2.24) is 14.5 Å². The number of fused-ring (bicyclic) bond motifs is 1. The van der Waals surface area contributed by atoms with Gasteiger partial charge in [-0.3, -0.25) is 9.59 Å². The lowest BCUT2D eigenvalue weighted by atomic mass is 10.2. The van der Waals surface area contributed by atoms with Crippen molar-refractivity contribution in [2.24, 2.45) is 0 Å². The van der Waals surface area contributed by atoms with E-state index in [1.54, 1.807) is 59.4 Å². The molecular weight excluding hydrogens is 405 g/mol. The Hall–Kier alpha value is -3.38. The van der Waals surface area contributed by atoms with Crippen LogP contribution in [0.2, 0.25) is 5.02 Å². The van der Waals surface area contributed by atoms with Crippen molar-refractivity contribution in [3.8, 4) is 0 Å². The van der Waals surface area contributed by atoms with Crippen molar-refractivity contribution >= 4 is 28.4 Å². The summed E-state index contributed by atoms with van der Waals surface area (Å²) in [4.78, 5) is 25.3. The molecule has 0 spiro atoms. The van der Waals surface area contributed by atoms with Crippen LogP contribution in [0, 0.1) is 5.82 Å².